The molecule has 0 bridgehead atoms. The van der Waals surface area contributed by atoms with E-state index in [2.05, 4.69) is 15.3 Å². The van der Waals surface area contributed by atoms with Gasteiger partial charge in [-0.05, 0) is 48.0 Å². The Morgan fingerprint density at radius 1 is 0.943 bits per heavy atom. The molecule has 1 unspecified atom stereocenters. The van der Waals surface area contributed by atoms with Crippen molar-refractivity contribution in [2.75, 3.05) is 5.32 Å². The van der Waals surface area contributed by atoms with Crippen molar-refractivity contribution in [3.63, 3.8) is 0 Å². The molecule has 35 heavy (non-hydrogen) atoms. The summed E-state index contributed by atoms with van der Waals surface area (Å²) < 4.78 is 2.00. The lowest BCUT2D eigenvalue weighted by atomic mass is 10.0. The fourth-order valence-corrected chi connectivity index (χ4v) is 4.88. The van der Waals surface area contributed by atoms with E-state index in [1.165, 1.54) is 11.8 Å². The van der Waals surface area contributed by atoms with Gasteiger partial charge in [0.1, 0.15) is 11.3 Å². The number of pyridine rings is 1. The molecule has 7 heteroatoms. The number of imidazole rings is 1. The molecule has 0 saturated carbocycles. The Kier molecular flexibility index (Phi) is 6.68. The molecule has 0 aliphatic heterocycles. The Morgan fingerprint density at radius 3 is 2.49 bits per heavy atom. The monoisotopic (exact) mass is 478 g/mol. The first-order valence-electron chi connectivity index (χ1n) is 11.2. The van der Waals surface area contributed by atoms with Gasteiger partial charge in [0.05, 0.1) is 29.0 Å². The van der Waals surface area contributed by atoms with Gasteiger partial charge in [-0.3, -0.25) is 4.79 Å². The number of aldehydes is 1. The number of hydrogen-bond acceptors (Lipinski definition) is 5. The number of rotatable bonds is 8. The zero-order valence-corrected chi connectivity index (χ0v) is 19.6. The Hall–Kier alpha value is -4.23. The zero-order chi connectivity index (χ0) is 24.0. The van der Waals surface area contributed by atoms with Crippen molar-refractivity contribution in [1.29, 1.82) is 0 Å². The van der Waals surface area contributed by atoms with E-state index >= 15 is 0 Å². The van der Waals surface area contributed by atoms with Crippen LogP contribution in [-0.4, -0.2) is 26.7 Å². The highest BCUT2D eigenvalue weighted by Gasteiger charge is 2.18. The van der Waals surface area contributed by atoms with Crippen LogP contribution in [0.3, 0.4) is 0 Å². The minimum absolute atomic E-state index is 0.146. The quantitative estimate of drug-likeness (QED) is 0.276. The predicted molar refractivity (Wildman–Crippen MR) is 138 cm³/mol. The lowest BCUT2D eigenvalue weighted by Crippen LogP contribution is -2.13. The van der Waals surface area contributed by atoms with Crippen LogP contribution in [0.15, 0.2) is 113 Å². The Morgan fingerprint density at radius 2 is 1.71 bits per heavy atom. The summed E-state index contributed by atoms with van der Waals surface area (Å²) in [5.41, 5.74) is 3.80. The number of nitrogens with one attached hydrogen (secondary N) is 1. The van der Waals surface area contributed by atoms with E-state index < -0.39 is 0 Å². The second-order valence-electron chi connectivity index (χ2n) is 7.91. The second kappa shape index (κ2) is 10.4. The van der Waals surface area contributed by atoms with E-state index in [-0.39, 0.29) is 11.9 Å². The van der Waals surface area contributed by atoms with Crippen LogP contribution in [0.4, 0.5) is 5.69 Å². The fourth-order valence-electron chi connectivity index (χ4n) is 3.98. The van der Waals surface area contributed by atoms with Crippen molar-refractivity contribution in [2.45, 2.75) is 22.4 Å². The van der Waals surface area contributed by atoms with E-state index in [9.17, 15) is 9.59 Å². The third-order valence-corrected chi connectivity index (χ3v) is 6.67. The molecule has 0 fully saturated rings. The van der Waals surface area contributed by atoms with Gasteiger partial charge in [0, 0.05) is 23.2 Å². The third-order valence-electron chi connectivity index (χ3n) is 5.65. The molecule has 0 aliphatic carbocycles. The van der Waals surface area contributed by atoms with Gasteiger partial charge in [-0.15, -0.1) is 0 Å². The van der Waals surface area contributed by atoms with Crippen molar-refractivity contribution in [3.05, 3.63) is 115 Å². The molecule has 1 N–H and O–H groups in total. The molecule has 1 atom stereocenters. The summed E-state index contributed by atoms with van der Waals surface area (Å²) in [5.74, 6) is -0.238. The number of nitrogens with zero attached hydrogens (tertiary/aromatic N) is 3. The SMILES string of the molecule is O=CCC(c1ccccc1)n1cnc2cc(NC(=O)c3cccnc3Sc3ccccc3)ccc21. The molecular formula is C28H22N4O2S. The first kappa shape index (κ1) is 22.6. The van der Waals surface area contributed by atoms with Gasteiger partial charge in [-0.25, -0.2) is 9.97 Å². The average molecular weight is 479 g/mol. The van der Waals surface area contributed by atoms with Crippen LogP contribution >= 0.6 is 11.8 Å². The maximum Gasteiger partial charge on any atom is 0.258 e. The summed E-state index contributed by atoms with van der Waals surface area (Å²) in [6.07, 6.45) is 4.70. The average Bonchev–Trinajstić information content (AvgIpc) is 3.31. The first-order chi connectivity index (χ1) is 17.2. The predicted octanol–water partition coefficient (Wildman–Crippen LogP) is 6.01. The number of benzene rings is 3. The number of carbonyl (C=O) groups excluding carboxylic acids is 2. The molecule has 0 saturated heterocycles. The number of fused-ring (bicyclic) bond motifs is 1. The Balaban J connectivity index is 1.40. The van der Waals surface area contributed by atoms with E-state index in [1.807, 2.05) is 83.4 Å². The van der Waals surface area contributed by atoms with Crippen LogP contribution in [-0.2, 0) is 4.79 Å². The molecule has 5 rings (SSSR count). The summed E-state index contributed by atoms with van der Waals surface area (Å²) in [7, 11) is 0. The van der Waals surface area contributed by atoms with Gasteiger partial charge in [-0.2, -0.15) is 0 Å². The van der Waals surface area contributed by atoms with Crippen molar-refractivity contribution < 1.29 is 9.59 Å². The number of carbonyl (C=O) groups is 2. The van der Waals surface area contributed by atoms with Crippen molar-refractivity contribution in [1.82, 2.24) is 14.5 Å². The molecular weight excluding hydrogens is 456 g/mol. The smallest absolute Gasteiger partial charge is 0.258 e. The summed E-state index contributed by atoms with van der Waals surface area (Å²) in [6.45, 7) is 0. The van der Waals surface area contributed by atoms with Gasteiger partial charge in [0.2, 0.25) is 0 Å². The van der Waals surface area contributed by atoms with Crippen LogP contribution in [0.1, 0.15) is 28.4 Å². The first-order valence-corrected chi connectivity index (χ1v) is 12.0. The van der Waals surface area contributed by atoms with E-state index in [0.717, 1.165) is 27.8 Å². The minimum atomic E-state index is -0.238. The van der Waals surface area contributed by atoms with Crippen molar-refractivity contribution in [2.24, 2.45) is 0 Å². The molecule has 0 aliphatic rings. The standard InChI is InChI=1S/C28H22N4O2S/c33-17-15-25(20-8-3-1-4-9-20)32-19-30-24-18-21(13-14-26(24)32)31-27(34)23-12-7-16-29-28(23)35-22-10-5-2-6-11-22/h1-14,16-19,25H,15H2,(H,31,34). The summed E-state index contributed by atoms with van der Waals surface area (Å²) >= 11 is 1.45. The molecule has 0 radical (unpaired) electrons. The van der Waals surface area contributed by atoms with Crippen molar-refractivity contribution in [3.8, 4) is 0 Å². The van der Waals surface area contributed by atoms with Gasteiger partial charge < -0.3 is 14.7 Å². The summed E-state index contributed by atoms with van der Waals surface area (Å²) in [5, 5.41) is 3.61. The second-order valence-corrected chi connectivity index (χ2v) is 8.97. The van der Waals surface area contributed by atoms with Gasteiger partial charge in [0.15, 0.2) is 0 Å². The molecule has 6 nitrogen and oxygen atoms in total. The largest absolute Gasteiger partial charge is 0.323 e. The highest BCUT2D eigenvalue weighted by Crippen LogP contribution is 2.30. The highest BCUT2D eigenvalue weighted by atomic mass is 32.2. The molecule has 0 spiro atoms. The number of hydrogen-bond donors (Lipinski definition) is 1. The third kappa shape index (κ3) is 5.00. The topological polar surface area (TPSA) is 76.9 Å². The number of amides is 1. The van der Waals surface area contributed by atoms with E-state index in [0.29, 0.717) is 22.7 Å². The van der Waals surface area contributed by atoms with Crippen LogP contribution in [0.2, 0.25) is 0 Å². The molecule has 2 heterocycles. The molecule has 1 amide bonds. The van der Waals surface area contributed by atoms with Crippen LogP contribution < -0.4 is 5.32 Å². The molecule has 5 aromatic rings. The van der Waals surface area contributed by atoms with E-state index in [1.54, 1.807) is 24.7 Å². The lowest BCUT2D eigenvalue weighted by molar-refractivity contribution is -0.108. The van der Waals surface area contributed by atoms with Crippen LogP contribution in [0.25, 0.3) is 11.0 Å². The molecule has 2 aromatic heterocycles. The van der Waals surface area contributed by atoms with E-state index in [4.69, 9.17) is 0 Å². The highest BCUT2D eigenvalue weighted by molar-refractivity contribution is 7.99. The van der Waals surface area contributed by atoms with Crippen LogP contribution in [0, 0.1) is 0 Å². The van der Waals surface area contributed by atoms with Gasteiger partial charge in [0.25, 0.3) is 5.91 Å². The Labute approximate surface area is 207 Å². The lowest BCUT2D eigenvalue weighted by Gasteiger charge is -2.17. The van der Waals surface area contributed by atoms with Crippen LogP contribution in [0.5, 0.6) is 0 Å². The molecule has 3 aromatic carbocycles. The summed E-state index contributed by atoms with van der Waals surface area (Å²) in [4.78, 5) is 34.5. The maximum absolute atomic E-state index is 13.1. The maximum atomic E-state index is 13.1. The normalized spacial score (nSPS) is 11.8. The molecule has 172 valence electrons. The van der Waals surface area contributed by atoms with Gasteiger partial charge >= 0.3 is 0 Å². The van der Waals surface area contributed by atoms with Gasteiger partial charge in [-0.1, -0.05) is 60.3 Å². The summed E-state index contributed by atoms with van der Waals surface area (Å²) in [6, 6.07) is 28.7. The minimum Gasteiger partial charge on any atom is -0.323 e. The number of aromatic nitrogens is 3. The Bertz CT molecular complexity index is 1470. The van der Waals surface area contributed by atoms with Crippen molar-refractivity contribution >= 4 is 40.7 Å². The fraction of sp³-hybridized carbons (Fsp3) is 0.0714. The zero-order valence-electron chi connectivity index (χ0n) is 18.7. The number of anilines is 1.